The summed E-state index contributed by atoms with van der Waals surface area (Å²) in [4.78, 5) is 16.0. The van der Waals surface area contributed by atoms with Gasteiger partial charge in [0, 0.05) is 60.6 Å². The number of nitrogens with one attached hydrogen (secondary N) is 1. The van der Waals surface area contributed by atoms with Crippen LogP contribution >= 0.6 is 23.4 Å². The summed E-state index contributed by atoms with van der Waals surface area (Å²) in [6, 6.07) is 7.99. The van der Waals surface area contributed by atoms with Gasteiger partial charge in [-0.25, -0.2) is 9.97 Å². The summed E-state index contributed by atoms with van der Waals surface area (Å²) in [6.07, 6.45) is 10.3. The van der Waals surface area contributed by atoms with Crippen LogP contribution in [0.2, 0.25) is 5.02 Å². The molecule has 174 valence electrons. The molecule has 1 aliphatic carbocycles. The summed E-state index contributed by atoms with van der Waals surface area (Å²) in [7, 11) is 1.73. The zero-order valence-electron chi connectivity index (χ0n) is 19.7. The Bertz CT molecular complexity index is 1190. The third kappa shape index (κ3) is 5.10. The first kappa shape index (κ1) is 23.8. The second-order valence-electron chi connectivity index (χ2n) is 8.77. The van der Waals surface area contributed by atoms with E-state index in [2.05, 4.69) is 26.3 Å². The summed E-state index contributed by atoms with van der Waals surface area (Å²) in [5.74, 6) is 0. The normalized spacial score (nSPS) is 16.8. The molecule has 6 nitrogen and oxygen atoms in total. The van der Waals surface area contributed by atoms with E-state index in [4.69, 9.17) is 22.3 Å². The lowest BCUT2D eigenvalue weighted by molar-refractivity contribution is 0.442. The van der Waals surface area contributed by atoms with Crippen LogP contribution in [0, 0.1) is 6.92 Å². The van der Waals surface area contributed by atoms with E-state index in [0.717, 1.165) is 53.1 Å². The van der Waals surface area contributed by atoms with E-state index < -0.39 is 0 Å². The SMILES string of the molecule is CN=Cc1cc(-c2cc(Cl)c3cc(N4CCNC5(CC5)C4)cnc3n2)c(C)cc1N.CSC. The van der Waals surface area contributed by atoms with Crippen molar-refractivity contribution in [2.24, 2.45) is 4.99 Å². The van der Waals surface area contributed by atoms with Crippen molar-refractivity contribution in [1.82, 2.24) is 15.3 Å². The highest BCUT2D eigenvalue weighted by molar-refractivity contribution is 7.97. The number of anilines is 2. The van der Waals surface area contributed by atoms with Gasteiger partial charge in [-0.15, -0.1) is 0 Å². The molecule has 1 saturated heterocycles. The van der Waals surface area contributed by atoms with Gasteiger partial charge in [0.25, 0.3) is 0 Å². The average Bonchev–Trinajstić information content (AvgIpc) is 3.54. The lowest BCUT2D eigenvalue weighted by Crippen LogP contribution is -2.52. The fourth-order valence-corrected chi connectivity index (χ4v) is 4.55. The van der Waals surface area contributed by atoms with Gasteiger partial charge in [-0.05, 0) is 62.1 Å². The number of aryl methyl sites for hydroxylation is 1. The maximum absolute atomic E-state index is 6.71. The number of nitrogens with two attached hydrogens (primary N) is 1. The van der Waals surface area contributed by atoms with E-state index in [1.807, 2.05) is 43.8 Å². The van der Waals surface area contributed by atoms with Gasteiger partial charge in [-0.3, -0.25) is 4.99 Å². The van der Waals surface area contributed by atoms with Gasteiger partial charge < -0.3 is 16.0 Å². The van der Waals surface area contributed by atoms with Crippen molar-refractivity contribution in [3.05, 3.63) is 46.6 Å². The predicted molar refractivity (Wildman–Crippen MR) is 144 cm³/mol. The van der Waals surface area contributed by atoms with E-state index in [9.17, 15) is 0 Å². The molecule has 0 unspecified atom stereocenters. The Morgan fingerprint density at radius 3 is 2.70 bits per heavy atom. The molecule has 1 aliphatic heterocycles. The molecule has 3 N–H and O–H groups in total. The molecular formula is C25H31ClN6S. The molecule has 0 amide bonds. The number of halogens is 1. The first-order valence-corrected chi connectivity index (χ1v) is 13.1. The monoisotopic (exact) mass is 482 g/mol. The number of piperazine rings is 1. The fourth-order valence-electron chi connectivity index (χ4n) is 4.30. The van der Waals surface area contributed by atoms with Crippen LogP contribution in [0.25, 0.3) is 22.3 Å². The molecule has 2 fully saturated rings. The highest BCUT2D eigenvalue weighted by atomic mass is 35.5. The molecule has 0 radical (unpaired) electrons. The number of benzene rings is 1. The first-order valence-electron chi connectivity index (χ1n) is 11.1. The maximum atomic E-state index is 6.71. The minimum Gasteiger partial charge on any atom is -0.398 e. The van der Waals surface area contributed by atoms with Gasteiger partial charge in [0.05, 0.1) is 22.6 Å². The van der Waals surface area contributed by atoms with Crippen LogP contribution in [0.3, 0.4) is 0 Å². The van der Waals surface area contributed by atoms with Crippen LogP contribution < -0.4 is 16.0 Å². The van der Waals surface area contributed by atoms with Crippen molar-refractivity contribution in [3.8, 4) is 11.3 Å². The summed E-state index contributed by atoms with van der Waals surface area (Å²) in [5, 5.41) is 5.18. The predicted octanol–water partition coefficient (Wildman–Crippen LogP) is 4.81. The van der Waals surface area contributed by atoms with E-state index in [0.29, 0.717) is 21.9 Å². The zero-order valence-corrected chi connectivity index (χ0v) is 21.2. The molecule has 0 atom stereocenters. The molecule has 3 heterocycles. The third-order valence-corrected chi connectivity index (χ3v) is 6.48. The van der Waals surface area contributed by atoms with E-state index in [1.54, 1.807) is 25.0 Å². The van der Waals surface area contributed by atoms with E-state index in [1.165, 1.54) is 12.8 Å². The van der Waals surface area contributed by atoms with Gasteiger partial charge in [0.1, 0.15) is 0 Å². The smallest absolute Gasteiger partial charge is 0.161 e. The molecule has 2 aromatic heterocycles. The maximum Gasteiger partial charge on any atom is 0.161 e. The first-order chi connectivity index (χ1) is 15.9. The van der Waals surface area contributed by atoms with Crippen LogP contribution in [0.4, 0.5) is 11.4 Å². The second kappa shape index (κ2) is 9.87. The van der Waals surface area contributed by atoms with Gasteiger partial charge in [-0.2, -0.15) is 11.8 Å². The van der Waals surface area contributed by atoms with Gasteiger partial charge >= 0.3 is 0 Å². The average molecular weight is 483 g/mol. The molecule has 3 aromatic rings. The summed E-state index contributed by atoms with van der Waals surface area (Å²) >= 11 is 8.46. The zero-order chi connectivity index (χ0) is 23.6. The topological polar surface area (TPSA) is 79.4 Å². The highest BCUT2D eigenvalue weighted by Crippen LogP contribution is 2.39. The number of aromatic nitrogens is 2. The number of hydrogen-bond acceptors (Lipinski definition) is 7. The van der Waals surface area contributed by atoms with E-state index >= 15 is 0 Å². The number of nitrogens with zero attached hydrogens (tertiary/aromatic N) is 4. The Labute approximate surface area is 205 Å². The molecule has 8 heteroatoms. The molecule has 5 rings (SSSR count). The number of rotatable bonds is 3. The Balaban J connectivity index is 0.000000821. The quantitative estimate of drug-likeness (QED) is 0.412. The molecule has 1 aromatic carbocycles. The molecular weight excluding hydrogens is 452 g/mol. The van der Waals surface area contributed by atoms with Gasteiger partial charge in [0.2, 0.25) is 0 Å². The molecule has 2 aliphatic rings. The van der Waals surface area contributed by atoms with Crippen molar-refractivity contribution < 1.29 is 0 Å². The Hall–Kier alpha value is -2.35. The number of aliphatic imine (C=N–C) groups is 1. The minimum absolute atomic E-state index is 0.311. The van der Waals surface area contributed by atoms with Crippen molar-refractivity contribution in [2.75, 3.05) is 49.8 Å². The molecule has 0 bridgehead atoms. The van der Waals surface area contributed by atoms with Crippen molar-refractivity contribution in [3.63, 3.8) is 0 Å². The van der Waals surface area contributed by atoms with E-state index in [-0.39, 0.29) is 0 Å². The second-order valence-corrected chi connectivity index (χ2v) is 10.00. The lowest BCUT2D eigenvalue weighted by atomic mass is 10.00. The van der Waals surface area contributed by atoms with Crippen LogP contribution in [0.5, 0.6) is 0 Å². The standard InChI is InChI=1S/C23H25ClN6.C2H6S/c1-14-7-20(25)15(11-26-2)8-17(14)21-10-19(24)18-9-16(12-27-22(18)29-21)30-6-5-28-23(13-30)3-4-23;1-3-2/h7-12,28H,3-6,13,25H2,1-2H3;1-2H3. The molecule has 33 heavy (non-hydrogen) atoms. The summed E-state index contributed by atoms with van der Waals surface area (Å²) in [5.41, 5.74) is 12.6. The lowest BCUT2D eigenvalue weighted by Gasteiger charge is -2.35. The van der Waals surface area contributed by atoms with Crippen LogP contribution in [0.1, 0.15) is 24.0 Å². The number of fused-ring (bicyclic) bond motifs is 1. The number of hydrogen-bond donors (Lipinski definition) is 2. The number of thioether (sulfide) groups is 1. The third-order valence-electron chi connectivity index (χ3n) is 6.17. The van der Waals surface area contributed by atoms with Crippen molar-refractivity contribution in [2.45, 2.75) is 25.3 Å². The van der Waals surface area contributed by atoms with Crippen LogP contribution in [-0.4, -0.2) is 60.9 Å². The Kier molecular flexibility index (Phi) is 7.12. The number of nitrogen functional groups attached to an aromatic ring is 1. The van der Waals surface area contributed by atoms with Gasteiger partial charge in [-0.1, -0.05) is 11.6 Å². The number of pyridine rings is 2. The Morgan fingerprint density at radius 1 is 1.24 bits per heavy atom. The summed E-state index contributed by atoms with van der Waals surface area (Å²) < 4.78 is 0. The van der Waals surface area contributed by atoms with Crippen LogP contribution in [-0.2, 0) is 0 Å². The van der Waals surface area contributed by atoms with Crippen molar-refractivity contribution in [1.29, 1.82) is 0 Å². The molecule has 1 spiro atoms. The summed E-state index contributed by atoms with van der Waals surface area (Å²) in [6.45, 7) is 5.02. The highest BCUT2D eigenvalue weighted by Gasteiger charge is 2.45. The molecule has 1 saturated carbocycles. The van der Waals surface area contributed by atoms with Crippen molar-refractivity contribution >= 4 is 52.0 Å². The minimum atomic E-state index is 0.311. The largest absolute Gasteiger partial charge is 0.398 e. The van der Waals surface area contributed by atoms with Gasteiger partial charge in [0.15, 0.2) is 5.65 Å². The van der Waals surface area contributed by atoms with Crippen LogP contribution in [0.15, 0.2) is 35.5 Å². The fraction of sp³-hybridized carbons (Fsp3) is 0.400. The Morgan fingerprint density at radius 2 is 2.00 bits per heavy atom.